The molecule has 4 heteroatoms. The number of nitrogen functional groups attached to an aromatic ring is 1. The summed E-state index contributed by atoms with van der Waals surface area (Å²) < 4.78 is 1.74. The van der Waals surface area contributed by atoms with E-state index in [1.165, 1.54) is 0 Å². The molecule has 0 unspecified atom stereocenters. The van der Waals surface area contributed by atoms with Gasteiger partial charge in [0.15, 0.2) is 5.65 Å². The lowest BCUT2D eigenvalue weighted by Crippen LogP contribution is -1.94. The van der Waals surface area contributed by atoms with E-state index in [0.717, 1.165) is 22.7 Å². The topological polar surface area (TPSA) is 56.2 Å². The molecule has 0 saturated carbocycles. The molecule has 2 N–H and O–H groups in total. The molecule has 0 aliphatic carbocycles. The van der Waals surface area contributed by atoms with Crippen LogP contribution in [0.2, 0.25) is 0 Å². The highest BCUT2D eigenvalue weighted by atomic mass is 15.3. The summed E-state index contributed by atoms with van der Waals surface area (Å²) in [5, 5.41) is 4.17. The van der Waals surface area contributed by atoms with Crippen molar-refractivity contribution < 1.29 is 0 Å². The molecule has 0 atom stereocenters. The van der Waals surface area contributed by atoms with Crippen LogP contribution < -0.4 is 5.73 Å². The van der Waals surface area contributed by atoms with Crippen LogP contribution in [0.25, 0.3) is 5.65 Å². The Bertz CT molecular complexity index is 391. The van der Waals surface area contributed by atoms with Crippen LogP contribution in [0.1, 0.15) is 11.4 Å². The summed E-state index contributed by atoms with van der Waals surface area (Å²) in [6.45, 7) is 3.81. The van der Waals surface area contributed by atoms with E-state index >= 15 is 0 Å². The number of nitrogens with zero attached hydrogens (tertiary/aromatic N) is 3. The van der Waals surface area contributed by atoms with Gasteiger partial charge in [-0.25, -0.2) is 9.50 Å². The lowest BCUT2D eigenvalue weighted by atomic mass is 10.3. The summed E-state index contributed by atoms with van der Waals surface area (Å²) in [4.78, 5) is 4.19. The van der Waals surface area contributed by atoms with Gasteiger partial charge in [-0.05, 0) is 19.4 Å². The second-order valence-electron chi connectivity index (χ2n) is 2.87. The van der Waals surface area contributed by atoms with Crippen molar-refractivity contribution >= 4 is 11.3 Å². The lowest BCUT2D eigenvalue weighted by Gasteiger charge is -1.98. The van der Waals surface area contributed by atoms with Gasteiger partial charge in [-0.2, -0.15) is 5.10 Å². The third-order valence-electron chi connectivity index (χ3n) is 1.82. The fourth-order valence-corrected chi connectivity index (χ4v) is 1.15. The van der Waals surface area contributed by atoms with Crippen molar-refractivity contribution in [3.8, 4) is 0 Å². The van der Waals surface area contributed by atoms with Gasteiger partial charge in [-0.15, -0.1) is 0 Å². The van der Waals surface area contributed by atoms with E-state index in [4.69, 9.17) is 5.73 Å². The predicted molar refractivity (Wildman–Crippen MR) is 46.9 cm³/mol. The molecule has 2 rings (SSSR count). The first kappa shape index (κ1) is 7.09. The number of hydrogen-bond acceptors (Lipinski definition) is 3. The number of anilines is 1. The van der Waals surface area contributed by atoms with E-state index in [1.54, 1.807) is 4.52 Å². The van der Waals surface area contributed by atoms with Crippen molar-refractivity contribution in [2.75, 3.05) is 5.73 Å². The van der Waals surface area contributed by atoms with Crippen molar-refractivity contribution in [2.45, 2.75) is 13.8 Å². The van der Waals surface area contributed by atoms with Gasteiger partial charge < -0.3 is 5.73 Å². The zero-order valence-corrected chi connectivity index (χ0v) is 7.07. The van der Waals surface area contributed by atoms with Gasteiger partial charge in [0.05, 0.1) is 0 Å². The van der Waals surface area contributed by atoms with Crippen LogP contribution in [0, 0.1) is 13.8 Å². The van der Waals surface area contributed by atoms with Gasteiger partial charge >= 0.3 is 0 Å². The lowest BCUT2D eigenvalue weighted by molar-refractivity contribution is 0.924. The van der Waals surface area contributed by atoms with Crippen molar-refractivity contribution in [1.29, 1.82) is 0 Å². The summed E-state index contributed by atoms with van der Waals surface area (Å²) in [5.41, 5.74) is 8.30. The Balaban J connectivity index is 2.83. The molecular formula is C8H10N4. The molecule has 0 radical (unpaired) electrons. The summed E-state index contributed by atoms with van der Waals surface area (Å²) in [6, 6.07) is 1.83. The summed E-state index contributed by atoms with van der Waals surface area (Å²) in [6.07, 6.45) is 1.88. The third-order valence-corrected chi connectivity index (χ3v) is 1.82. The molecular weight excluding hydrogens is 152 g/mol. The third kappa shape index (κ3) is 0.922. The van der Waals surface area contributed by atoms with Crippen LogP contribution in [0.4, 0.5) is 5.69 Å². The zero-order chi connectivity index (χ0) is 8.72. The van der Waals surface area contributed by atoms with E-state index in [-0.39, 0.29) is 0 Å². The Labute approximate surface area is 70.0 Å². The first-order chi connectivity index (χ1) is 5.66. The molecule has 0 spiro atoms. The van der Waals surface area contributed by atoms with Crippen LogP contribution in [-0.2, 0) is 0 Å². The highest BCUT2D eigenvalue weighted by Crippen LogP contribution is 2.12. The van der Waals surface area contributed by atoms with Crippen molar-refractivity contribution in [1.82, 2.24) is 14.6 Å². The fraction of sp³-hybridized carbons (Fsp3) is 0.250. The number of hydrogen-bond donors (Lipinski definition) is 1. The Morgan fingerprint density at radius 1 is 1.42 bits per heavy atom. The number of nitrogens with two attached hydrogens (primary N) is 1. The molecule has 0 saturated heterocycles. The van der Waals surface area contributed by atoms with Gasteiger partial charge in [0.2, 0.25) is 0 Å². The average Bonchev–Trinajstić information content (AvgIpc) is 2.30. The average molecular weight is 162 g/mol. The van der Waals surface area contributed by atoms with Gasteiger partial charge in [-0.1, -0.05) is 0 Å². The molecule has 0 aromatic carbocycles. The quantitative estimate of drug-likeness (QED) is 0.627. The molecule has 0 bridgehead atoms. The second-order valence-corrected chi connectivity index (χ2v) is 2.87. The smallest absolute Gasteiger partial charge is 0.157 e. The maximum Gasteiger partial charge on any atom is 0.157 e. The molecule has 0 aliphatic rings. The number of aryl methyl sites for hydroxylation is 2. The van der Waals surface area contributed by atoms with E-state index in [9.17, 15) is 0 Å². The number of rotatable bonds is 0. The van der Waals surface area contributed by atoms with E-state index in [1.807, 2.05) is 26.1 Å². The largest absolute Gasteiger partial charge is 0.398 e. The van der Waals surface area contributed by atoms with Crippen LogP contribution >= 0.6 is 0 Å². The first-order valence-corrected chi connectivity index (χ1v) is 3.76. The van der Waals surface area contributed by atoms with E-state index in [0.29, 0.717) is 0 Å². The molecule has 4 nitrogen and oxygen atoms in total. The van der Waals surface area contributed by atoms with Gasteiger partial charge in [0.1, 0.15) is 5.82 Å². The number of aromatic nitrogens is 3. The van der Waals surface area contributed by atoms with Gasteiger partial charge in [0, 0.05) is 18.0 Å². The summed E-state index contributed by atoms with van der Waals surface area (Å²) in [5.74, 6) is 0.764. The van der Waals surface area contributed by atoms with Crippen LogP contribution in [0.3, 0.4) is 0 Å². The highest BCUT2D eigenvalue weighted by Gasteiger charge is 2.01. The molecule has 2 heterocycles. The molecule has 0 amide bonds. The maximum absolute atomic E-state index is 5.71. The first-order valence-electron chi connectivity index (χ1n) is 3.76. The van der Waals surface area contributed by atoms with Crippen molar-refractivity contribution in [2.24, 2.45) is 0 Å². The SMILES string of the molecule is Cc1nc2cc(N)c(C)cn2n1. The summed E-state index contributed by atoms with van der Waals surface area (Å²) >= 11 is 0. The number of pyridine rings is 1. The van der Waals surface area contributed by atoms with Crippen molar-refractivity contribution in [3.63, 3.8) is 0 Å². The number of fused-ring (bicyclic) bond motifs is 1. The van der Waals surface area contributed by atoms with Crippen molar-refractivity contribution in [3.05, 3.63) is 23.7 Å². The zero-order valence-electron chi connectivity index (χ0n) is 7.07. The fourth-order valence-electron chi connectivity index (χ4n) is 1.15. The normalized spacial score (nSPS) is 10.8. The van der Waals surface area contributed by atoms with E-state index in [2.05, 4.69) is 10.1 Å². The standard InChI is InChI=1S/C8H10N4/c1-5-4-12-8(3-7(5)9)10-6(2)11-12/h3-4H,9H2,1-2H3. The Morgan fingerprint density at radius 2 is 2.17 bits per heavy atom. The molecule has 12 heavy (non-hydrogen) atoms. The monoisotopic (exact) mass is 162 g/mol. The van der Waals surface area contributed by atoms with E-state index < -0.39 is 0 Å². The molecule has 0 aliphatic heterocycles. The van der Waals surface area contributed by atoms with Crippen LogP contribution in [-0.4, -0.2) is 14.6 Å². The molecule has 2 aromatic heterocycles. The molecule has 0 fully saturated rings. The predicted octanol–water partition coefficient (Wildman–Crippen LogP) is 0.928. The Kier molecular flexibility index (Phi) is 1.30. The minimum atomic E-state index is 0.759. The summed E-state index contributed by atoms with van der Waals surface area (Å²) in [7, 11) is 0. The molecule has 62 valence electrons. The van der Waals surface area contributed by atoms with Crippen LogP contribution in [0.15, 0.2) is 12.3 Å². The minimum absolute atomic E-state index is 0.759. The van der Waals surface area contributed by atoms with Crippen LogP contribution in [0.5, 0.6) is 0 Å². The maximum atomic E-state index is 5.71. The van der Waals surface area contributed by atoms with Gasteiger partial charge in [-0.3, -0.25) is 0 Å². The minimum Gasteiger partial charge on any atom is -0.398 e. The van der Waals surface area contributed by atoms with Gasteiger partial charge in [0.25, 0.3) is 0 Å². The Hall–Kier alpha value is -1.58. The second kappa shape index (κ2) is 2.20. The Morgan fingerprint density at radius 3 is 2.92 bits per heavy atom. The molecule has 2 aromatic rings. The highest BCUT2D eigenvalue weighted by molar-refractivity contribution is 5.55.